The third-order valence-corrected chi connectivity index (χ3v) is 7.38. The fourth-order valence-corrected chi connectivity index (χ4v) is 5.51. The number of fused-ring (bicyclic) bond motifs is 1. The first kappa shape index (κ1) is 24.2. The number of carbonyl (C=O) groups is 1. The SMILES string of the molecule is Cc1ccc(C)c(-c2csc(-c3cnn4c(C5CCN(C(=O)OC(C)(C)C)CC5)cc(=O)[nH]c34)n2)c1. The Morgan fingerprint density at radius 3 is 2.61 bits per heavy atom. The quantitative estimate of drug-likeness (QED) is 0.394. The molecule has 1 fully saturated rings. The summed E-state index contributed by atoms with van der Waals surface area (Å²) in [6.45, 7) is 10.9. The number of piperidine rings is 1. The molecular weight excluding hydrogens is 474 g/mol. The van der Waals surface area contributed by atoms with Crippen LogP contribution in [0.3, 0.4) is 0 Å². The Morgan fingerprint density at radius 2 is 1.89 bits per heavy atom. The van der Waals surface area contributed by atoms with Crippen LogP contribution >= 0.6 is 11.3 Å². The summed E-state index contributed by atoms with van der Waals surface area (Å²) >= 11 is 1.54. The molecule has 1 aliphatic rings. The summed E-state index contributed by atoms with van der Waals surface area (Å²) in [7, 11) is 0. The van der Waals surface area contributed by atoms with E-state index in [1.165, 1.54) is 11.1 Å². The first-order valence-corrected chi connectivity index (χ1v) is 13.1. The maximum absolute atomic E-state index is 12.7. The first-order chi connectivity index (χ1) is 17.1. The molecule has 0 saturated carbocycles. The lowest BCUT2D eigenvalue weighted by molar-refractivity contribution is 0.0203. The van der Waals surface area contributed by atoms with Crippen molar-refractivity contribution in [3.8, 4) is 21.8 Å². The van der Waals surface area contributed by atoms with Gasteiger partial charge in [0.15, 0.2) is 0 Å². The third kappa shape index (κ3) is 4.80. The highest BCUT2D eigenvalue weighted by atomic mass is 32.1. The summed E-state index contributed by atoms with van der Waals surface area (Å²) in [5.41, 5.74) is 6.01. The monoisotopic (exact) mass is 505 g/mol. The molecule has 0 aliphatic carbocycles. The smallest absolute Gasteiger partial charge is 0.410 e. The van der Waals surface area contributed by atoms with Gasteiger partial charge in [0, 0.05) is 36.0 Å². The van der Waals surface area contributed by atoms with Crippen LogP contribution in [0.5, 0.6) is 0 Å². The van der Waals surface area contributed by atoms with Gasteiger partial charge >= 0.3 is 6.09 Å². The van der Waals surface area contributed by atoms with Gasteiger partial charge in [0.1, 0.15) is 16.3 Å². The number of ether oxygens (including phenoxy) is 1. The predicted molar refractivity (Wildman–Crippen MR) is 142 cm³/mol. The average molecular weight is 506 g/mol. The molecular formula is C27H31N5O3S. The van der Waals surface area contributed by atoms with Crippen LogP contribution in [-0.2, 0) is 4.74 Å². The highest BCUT2D eigenvalue weighted by molar-refractivity contribution is 7.13. The minimum absolute atomic E-state index is 0.114. The zero-order chi connectivity index (χ0) is 25.6. The lowest BCUT2D eigenvalue weighted by atomic mass is 9.93. The highest BCUT2D eigenvalue weighted by Crippen LogP contribution is 2.34. The number of nitrogens with one attached hydrogen (secondary N) is 1. The van der Waals surface area contributed by atoms with Crippen LogP contribution in [0.25, 0.3) is 27.5 Å². The van der Waals surface area contributed by atoms with Crippen LogP contribution in [0.1, 0.15) is 56.4 Å². The van der Waals surface area contributed by atoms with E-state index in [0.717, 1.165) is 40.4 Å². The summed E-state index contributed by atoms with van der Waals surface area (Å²) in [5.74, 6) is 0.114. The van der Waals surface area contributed by atoms with Gasteiger partial charge in [-0.05, 0) is 59.1 Å². The normalized spacial score (nSPS) is 15.0. The molecule has 0 atom stereocenters. The number of aryl methyl sites for hydroxylation is 2. The molecule has 9 heteroatoms. The first-order valence-electron chi connectivity index (χ1n) is 12.2. The Labute approximate surface area is 214 Å². The van der Waals surface area contributed by atoms with Crippen molar-refractivity contribution in [3.63, 3.8) is 0 Å². The molecule has 8 nitrogen and oxygen atoms in total. The van der Waals surface area contributed by atoms with Crippen LogP contribution in [0.2, 0.25) is 0 Å². The summed E-state index contributed by atoms with van der Waals surface area (Å²) in [6, 6.07) is 7.98. The summed E-state index contributed by atoms with van der Waals surface area (Å²) < 4.78 is 7.34. The molecule has 4 aromatic rings. The van der Waals surface area contributed by atoms with Gasteiger partial charge in [0.2, 0.25) is 0 Å². The van der Waals surface area contributed by atoms with Crippen molar-refractivity contribution >= 4 is 23.1 Å². The number of aromatic nitrogens is 4. The van der Waals surface area contributed by atoms with E-state index in [9.17, 15) is 9.59 Å². The van der Waals surface area contributed by atoms with E-state index in [-0.39, 0.29) is 17.6 Å². The summed E-state index contributed by atoms with van der Waals surface area (Å²) in [5, 5.41) is 7.50. The molecule has 0 radical (unpaired) electrons. The predicted octanol–water partition coefficient (Wildman–Crippen LogP) is 5.54. The number of H-pyrrole nitrogens is 1. The van der Waals surface area contributed by atoms with Gasteiger partial charge in [-0.1, -0.05) is 17.7 Å². The van der Waals surface area contributed by atoms with Crippen molar-refractivity contribution in [1.29, 1.82) is 0 Å². The van der Waals surface area contributed by atoms with Crippen LogP contribution in [0.4, 0.5) is 4.79 Å². The number of carbonyl (C=O) groups excluding carboxylic acids is 1. The Hall–Kier alpha value is -3.46. The molecule has 4 heterocycles. The van der Waals surface area contributed by atoms with Crippen LogP contribution < -0.4 is 5.56 Å². The zero-order valence-electron chi connectivity index (χ0n) is 21.3. The van der Waals surface area contributed by atoms with E-state index >= 15 is 0 Å². The largest absolute Gasteiger partial charge is 0.444 e. The van der Waals surface area contributed by atoms with Gasteiger partial charge in [0.25, 0.3) is 5.56 Å². The number of likely N-dealkylation sites (tertiary alicyclic amines) is 1. The highest BCUT2D eigenvalue weighted by Gasteiger charge is 2.29. The second-order valence-electron chi connectivity index (χ2n) is 10.5. The van der Waals surface area contributed by atoms with E-state index in [1.807, 2.05) is 25.3 Å². The van der Waals surface area contributed by atoms with Crippen molar-refractivity contribution in [1.82, 2.24) is 24.5 Å². The molecule has 36 heavy (non-hydrogen) atoms. The van der Waals surface area contributed by atoms with E-state index < -0.39 is 5.60 Å². The Balaban J connectivity index is 1.42. The molecule has 0 spiro atoms. The molecule has 0 bridgehead atoms. The Bertz CT molecular complexity index is 1490. The molecule has 1 saturated heterocycles. The van der Waals surface area contributed by atoms with Gasteiger partial charge in [-0.2, -0.15) is 5.10 Å². The maximum atomic E-state index is 12.7. The van der Waals surface area contributed by atoms with Gasteiger partial charge in [0.05, 0.1) is 23.1 Å². The van der Waals surface area contributed by atoms with Crippen molar-refractivity contribution in [2.75, 3.05) is 13.1 Å². The van der Waals surface area contributed by atoms with Crippen LogP contribution in [0.15, 0.2) is 40.6 Å². The number of hydrogen-bond acceptors (Lipinski definition) is 6. The molecule has 1 N–H and O–H groups in total. The molecule has 188 valence electrons. The summed E-state index contributed by atoms with van der Waals surface area (Å²) in [6.07, 6.45) is 2.96. The minimum atomic E-state index is -0.522. The number of thiazole rings is 1. The molecule has 0 unspecified atom stereocenters. The lowest BCUT2D eigenvalue weighted by Gasteiger charge is -2.33. The van der Waals surface area contributed by atoms with Crippen molar-refractivity contribution < 1.29 is 9.53 Å². The van der Waals surface area contributed by atoms with Gasteiger partial charge < -0.3 is 14.6 Å². The minimum Gasteiger partial charge on any atom is -0.444 e. The average Bonchev–Trinajstić information content (AvgIpc) is 3.46. The van der Waals surface area contributed by atoms with Crippen LogP contribution in [0, 0.1) is 13.8 Å². The van der Waals surface area contributed by atoms with E-state index in [2.05, 4.69) is 47.5 Å². The van der Waals surface area contributed by atoms with E-state index in [4.69, 9.17) is 9.72 Å². The van der Waals surface area contributed by atoms with Crippen molar-refractivity contribution in [3.05, 3.63) is 63.0 Å². The Morgan fingerprint density at radius 1 is 1.14 bits per heavy atom. The molecule has 1 amide bonds. The number of rotatable bonds is 3. The summed E-state index contributed by atoms with van der Waals surface area (Å²) in [4.78, 5) is 34.7. The van der Waals surface area contributed by atoms with Gasteiger partial charge in [-0.15, -0.1) is 11.3 Å². The maximum Gasteiger partial charge on any atom is 0.410 e. The number of benzene rings is 1. The topological polar surface area (TPSA) is 92.6 Å². The van der Waals surface area contributed by atoms with Gasteiger partial charge in [-0.25, -0.2) is 14.3 Å². The molecule has 5 rings (SSSR count). The Kier molecular flexibility index (Phi) is 6.20. The van der Waals surface area contributed by atoms with Crippen LogP contribution in [-0.4, -0.2) is 49.3 Å². The van der Waals surface area contributed by atoms with Crippen molar-refractivity contribution in [2.45, 2.75) is 59.0 Å². The zero-order valence-corrected chi connectivity index (χ0v) is 22.1. The van der Waals surface area contributed by atoms with E-state index in [1.54, 1.807) is 28.5 Å². The fourth-order valence-electron chi connectivity index (χ4n) is 4.68. The molecule has 1 aliphatic heterocycles. The van der Waals surface area contributed by atoms with Crippen molar-refractivity contribution in [2.24, 2.45) is 0 Å². The molecule has 1 aromatic carbocycles. The second-order valence-corrected chi connectivity index (χ2v) is 11.3. The van der Waals surface area contributed by atoms with Gasteiger partial charge in [-0.3, -0.25) is 4.79 Å². The number of amides is 1. The third-order valence-electron chi connectivity index (χ3n) is 6.50. The number of nitrogens with zero attached hydrogens (tertiary/aromatic N) is 4. The fraction of sp³-hybridized carbons (Fsp3) is 0.407. The standard InChI is InChI=1S/C27H31N5O3S/c1-16-6-7-17(2)19(12-16)21-15-36-25(29-21)20-14-28-32-22(13-23(33)30-24(20)32)18-8-10-31(11-9-18)26(34)35-27(3,4)5/h6-7,12-15,18H,8-11H2,1-5H3,(H,30,33). The number of hydrogen-bond donors (Lipinski definition) is 1. The number of aromatic amines is 1. The lowest BCUT2D eigenvalue weighted by Crippen LogP contribution is -2.41. The second kappa shape index (κ2) is 9.20. The molecule has 3 aromatic heterocycles. The van der Waals surface area contributed by atoms with E-state index in [0.29, 0.717) is 18.7 Å².